The lowest BCUT2D eigenvalue weighted by Gasteiger charge is -2.21. The Bertz CT molecular complexity index is 340. The molecule has 0 saturated carbocycles. The predicted molar refractivity (Wildman–Crippen MR) is 65.5 cm³/mol. The molecule has 1 N–H and O–H groups in total. The van der Waals surface area contributed by atoms with Crippen LogP contribution in [0.15, 0.2) is 35.5 Å². The summed E-state index contributed by atoms with van der Waals surface area (Å²) in [7, 11) is 0. The topological polar surface area (TPSA) is 41.8 Å². The van der Waals surface area contributed by atoms with Crippen molar-refractivity contribution in [1.82, 2.24) is 0 Å². The number of rotatable bonds is 5. The van der Waals surface area contributed by atoms with Crippen LogP contribution in [0.4, 0.5) is 0 Å². The number of nitrogens with zero attached hydrogens (tertiary/aromatic N) is 1. The first-order valence-electron chi connectivity index (χ1n) is 5.39. The van der Waals surface area contributed by atoms with E-state index in [1.165, 1.54) is 0 Å². The first kappa shape index (κ1) is 12.7. The van der Waals surface area contributed by atoms with Crippen LogP contribution in [-0.4, -0.2) is 23.0 Å². The lowest BCUT2D eigenvalue weighted by atomic mass is 9.98. The largest absolute Gasteiger partial charge is 0.393 e. The van der Waals surface area contributed by atoms with Crippen molar-refractivity contribution in [2.75, 3.05) is 6.61 Å². The number of benzene rings is 1. The van der Waals surface area contributed by atoms with Crippen LogP contribution in [0.25, 0.3) is 0 Å². The van der Waals surface area contributed by atoms with Gasteiger partial charge in [-0.2, -0.15) is 0 Å². The van der Waals surface area contributed by atoms with Gasteiger partial charge in [-0.1, -0.05) is 35.5 Å². The van der Waals surface area contributed by atoms with E-state index in [1.54, 1.807) is 6.92 Å². The highest BCUT2D eigenvalue weighted by Crippen LogP contribution is 2.13. The molecule has 3 nitrogen and oxygen atoms in total. The Morgan fingerprint density at radius 3 is 2.50 bits per heavy atom. The molecule has 0 bridgehead atoms. The lowest BCUT2D eigenvalue weighted by molar-refractivity contribution is -0.0317. The summed E-state index contributed by atoms with van der Waals surface area (Å²) in [4.78, 5) is 5.07. The van der Waals surface area contributed by atoms with Gasteiger partial charge in [-0.3, -0.25) is 0 Å². The van der Waals surface area contributed by atoms with Gasteiger partial charge >= 0.3 is 0 Å². The molecule has 0 unspecified atom stereocenters. The maximum Gasteiger partial charge on any atom is 0.145 e. The van der Waals surface area contributed by atoms with Gasteiger partial charge in [-0.15, -0.1) is 0 Å². The van der Waals surface area contributed by atoms with Crippen molar-refractivity contribution >= 4 is 5.71 Å². The molecule has 1 aromatic carbocycles. The summed E-state index contributed by atoms with van der Waals surface area (Å²) in [6.45, 7) is 5.66. The third kappa shape index (κ3) is 4.94. The van der Waals surface area contributed by atoms with Gasteiger partial charge in [0.15, 0.2) is 0 Å². The van der Waals surface area contributed by atoms with E-state index in [2.05, 4.69) is 5.16 Å². The van der Waals surface area contributed by atoms with Crippen molar-refractivity contribution in [3.05, 3.63) is 35.9 Å². The summed E-state index contributed by atoms with van der Waals surface area (Å²) < 4.78 is 0. The Morgan fingerprint density at radius 1 is 1.31 bits per heavy atom. The van der Waals surface area contributed by atoms with Crippen LogP contribution >= 0.6 is 0 Å². The summed E-state index contributed by atoms with van der Waals surface area (Å²) in [6, 6.07) is 9.85. The lowest BCUT2D eigenvalue weighted by Crippen LogP contribution is -2.32. The summed E-state index contributed by atoms with van der Waals surface area (Å²) in [5, 5.41) is 13.9. The minimum atomic E-state index is -0.889. The van der Waals surface area contributed by atoms with Gasteiger partial charge in [0.1, 0.15) is 12.2 Å². The van der Waals surface area contributed by atoms with E-state index in [4.69, 9.17) is 4.84 Å². The maximum atomic E-state index is 10.1. The van der Waals surface area contributed by atoms with Crippen molar-refractivity contribution in [3.8, 4) is 0 Å². The van der Waals surface area contributed by atoms with Gasteiger partial charge in [0.05, 0.1) is 5.71 Å². The zero-order chi connectivity index (χ0) is 12.0. The quantitative estimate of drug-likeness (QED) is 0.612. The molecular weight excluding hydrogens is 202 g/mol. The van der Waals surface area contributed by atoms with E-state index in [0.717, 1.165) is 11.3 Å². The third-order valence-electron chi connectivity index (χ3n) is 2.05. The summed E-state index contributed by atoms with van der Waals surface area (Å²) in [5.74, 6) is 0. The summed E-state index contributed by atoms with van der Waals surface area (Å²) in [6.07, 6.45) is 0.562. The number of aliphatic hydroxyl groups is 1. The normalized spacial score (nSPS) is 14.0. The first-order chi connectivity index (χ1) is 7.49. The van der Waals surface area contributed by atoms with Gasteiger partial charge in [-0.05, 0) is 26.3 Å². The fraction of sp³-hybridized carbons (Fsp3) is 0.462. The van der Waals surface area contributed by atoms with E-state index in [-0.39, 0.29) is 6.61 Å². The van der Waals surface area contributed by atoms with E-state index in [0.29, 0.717) is 6.42 Å². The smallest absolute Gasteiger partial charge is 0.145 e. The van der Waals surface area contributed by atoms with E-state index < -0.39 is 5.60 Å². The molecule has 1 atom stereocenters. The second-order valence-electron chi connectivity index (χ2n) is 4.47. The molecule has 16 heavy (non-hydrogen) atoms. The Balaban J connectivity index is 2.48. The molecule has 0 saturated heterocycles. The van der Waals surface area contributed by atoms with Gasteiger partial charge in [-0.25, -0.2) is 0 Å². The molecule has 0 aliphatic carbocycles. The molecule has 1 rings (SSSR count). The molecule has 0 aliphatic heterocycles. The van der Waals surface area contributed by atoms with E-state index >= 15 is 0 Å². The van der Waals surface area contributed by atoms with Gasteiger partial charge in [0, 0.05) is 6.42 Å². The van der Waals surface area contributed by atoms with Crippen LogP contribution in [0.5, 0.6) is 0 Å². The van der Waals surface area contributed by atoms with Crippen molar-refractivity contribution in [2.24, 2.45) is 5.16 Å². The van der Waals surface area contributed by atoms with Crippen LogP contribution in [0.1, 0.15) is 26.3 Å². The minimum Gasteiger partial charge on any atom is -0.393 e. The Kier molecular flexibility index (Phi) is 4.50. The van der Waals surface area contributed by atoms with Gasteiger partial charge < -0.3 is 9.94 Å². The maximum absolute atomic E-state index is 10.1. The van der Waals surface area contributed by atoms with Crippen molar-refractivity contribution < 1.29 is 9.94 Å². The molecule has 0 radical (unpaired) electrons. The summed E-state index contributed by atoms with van der Waals surface area (Å²) >= 11 is 0. The molecule has 0 fully saturated rings. The van der Waals surface area contributed by atoms with Crippen LogP contribution in [0.2, 0.25) is 0 Å². The highest BCUT2D eigenvalue weighted by molar-refractivity contribution is 5.78. The Labute approximate surface area is 96.7 Å². The molecule has 0 aliphatic rings. The van der Waals surface area contributed by atoms with Crippen molar-refractivity contribution in [1.29, 1.82) is 0 Å². The average Bonchev–Trinajstić information content (AvgIpc) is 2.17. The van der Waals surface area contributed by atoms with Crippen LogP contribution in [0.3, 0.4) is 0 Å². The average molecular weight is 221 g/mol. The standard InChI is InChI=1S/C13H19NO2/c1-11(2)14-16-10-13(3,15)9-12-7-5-4-6-8-12/h4-8,15H,9-10H2,1-3H3/t13-/m0/s1. The monoisotopic (exact) mass is 221 g/mol. The molecule has 3 heteroatoms. The van der Waals surface area contributed by atoms with Gasteiger partial charge in [0.25, 0.3) is 0 Å². The van der Waals surface area contributed by atoms with Crippen LogP contribution in [0, 0.1) is 0 Å². The minimum absolute atomic E-state index is 0.201. The first-order valence-corrected chi connectivity index (χ1v) is 5.39. The van der Waals surface area contributed by atoms with Gasteiger partial charge in [0.2, 0.25) is 0 Å². The Morgan fingerprint density at radius 2 is 1.94 bits per heavy atom. The number of hydrogen-bond donors (Lipinski definition) is 1. The second kappa shape index (κ2) is 5.66. The van der Waals surface area contributed by atoms with E-state index in [9.17, 15) is 5.11 Å². The molecule has 0 amide bonds. The van der Waals surface area contributed by atoms with E-state index in [1.807, 2.05) is 44.2 Å². The zero-order valence-electron chi connectivity index (χ0n) is 10.1. The Hall–Kier alpha value is -1.35. The zero-order valence-corrected chi connectivity index (χ0v) is 10.1. The third-order valence-corrected chi connectivity index (χ3v) is 2.05. The number of hydrogen-bond acceptors (Lipinski definition) is 3. The fourth-order valence-corrected chi connectivity index (χ4v) is 1.39. The molecule has 0 spiro atoms. The molecule has 0 aromatic heterocycles. The van der Waals surface area contributed by atoms with Crippen molar-refractivity contribution in [2.45, 2.75) is 32.8 Å². The number of oxime groups is 1. The summed E-state index contributed by atoms with van der Waals surface area (Å²) in [5.41, 5.74) is 1.05. The predicted octanol–water partition coefficient (Wildman–Crippen LogP) is 2.39. The van der Waals surface area contributed by atoms with Crippen molar-refractivity contribution in [3.63, 3.8) is 0 Å². The highest BCUT2D eigenvalue weighted by Gasteiger charge is 2.21. The highest BCUT2D eigenvalue weighted by atomic mass is 16.6. The fourth-order valence-electron chi connectivity index (χ4n) is 1.39. The molecule has 1 aromatic rings. The molecule has 0 heterocycles. The second-order valence-corrected chi connectivity index (χ2v) is 4.47. The van der Waals surface area contributed by atoms with Crippen LogP contribution < -0.4 is 0 Å². The molecular formula is C13H19NO2. The SMILES string of the molecule is CC(C)=NOC[C@@](C)(O)Cc1ccccc1. The van der Waals surface area contributed by atoms with Crippen LogP contribution in [-0.2, 0) is 11.3 Å². The molecule has 88 valence electrons.